The van der Waals surface area contributed by atoms with Crippen LogP contribution >= 0.6 is 0 Å². The van der Waals surface area contributed by atoms with E-state index in [2.05, 4.69) is 0 Å². The molecule has 13 nitrogen and oxygen atoms in total. The summed E-state index contributed by atoms with van der Waals surface area (Å²) in [6, 6.07) is 6.36. The molecule has 246 valence electrons. The van der Waals surface area contributed by atoms with Crippen LogP contribution in [0.15, 0.2) is 42.5 Å². The number of carbonyl (C=O) groups excluding carboxylic acids is 2. The van der Waals surface area contributed by atoms with E-state index in [4.69, 9.17) is 14.2 Å². The summed E-state index contributed by atoms with van der Waals surface area (Å²) in [5, 5.41) is 70.1. The number of phenolic OH excluding ortho intramolecular Hbond substituents is 4. The van der Waals surface area contributed by atoms with Gasteiger partial charge in [0.15, 0.2) is 40.2 Å². The van der Waals surface area contributed by atoms with Crippen molar-refractivity contribution in [2.75, 3.05) is 13.2 Å². The Morgan fingerprint density at radius 1 is 0.935 bits per heavy atom. The van der Waals surface area contributed by atoms with Crippen molar-refractivity contribution in [2.45, 2.75) is 68.2 Å². The highest BCUT2D eigenvalue weighted by atomic mass is 16.6. The molecule has 1 aliphatic carbocycles. The fourth-order valence-corrected chi connectivity index (χ4v) is 6.62. The first-order valence-corrected chi connectivity index (χ1v) is 14.8. The van der Waals surface area contributed by atoms with Crippen molar-refractivity contribution in [3.05, 3.63) is 59.2 Å². The fourth-order valence-electron chi connectivity index (χ4n) is 6.62. The summed E-state index contributed by atoms with van der Waals surface area (Å²) >= 11 is 0. The number of carboxylic acids is 1. The lowest BCUT2D eigenvalue weighted by Gasteiger charge is -2.56. The zero-order valence-electron chi connectivity index (χ0n) is 24.7. The highest BCUT2D eigenvalue weighted by Gasteiger charge is 2.64. The maximum absolute atomic E-state index is 13.7. The Balaban J connectivity index is 1.37. The zero-order chi connectivity index (χ0) is 33.2. The molecule has 5 rings (SSSR count). The summed E-state index contributed by atoms with van der Waals surface area (Å²) < 4.78 is 18.2. The monoisotopic (exact) mass is 640 g/mol. The van der Waals surface area contributed by atoms with Gasteiger partial charge >= 0.3 is 5.97 Å². The Bertz CT molecular complexity index is 1560. The third-order valence-electron chi connectivity index (χ3n) is 9.03. The van der Waals surface area contributed by atoms with E-state index in [-0.39, 0.29) is 49.4 Å². The minimum atomic E-state index is -2.03. The van der Waals surface area contributed by atoms with E-state index >= 15 is 0 Å². The molecule has 3 aliphatic rings. The molecule has 6 atom stereocenters. The number of aliphatic carboxylic acids is 1. The maximum Gasteiger partial charge on any atom is 0.336 e. The minimum Gasteiger partial charge on any atom is -0.504 e. The van der Waals surface area contributed by atoms with Crippen LogP contribution in [-0.2, 0) is 35.2 Å². The van der Waals surface area contributed by atoms with Crippen molar-refractivity contribution in [3.8, 4) is 23.0 Å². The van der Waals surface area contributed by atoms with Gasteiger partial charge in [-0.15, -0.1) is 0 Å². The molecule has 0 spiro atoms. The average molecular weight is 641 g/mol. The van der Waals surface area contributed by atoms with E-state index in [0.29, 0.717) is 17.5 Å². The molecule has 2 aliphatic heterocycles. The Labute approximate surface area is 263 Å². The molecule has 0 amide bonds. The van der Waals surface area contributed by atoms with E-state index in [9.17, 15) is 50.1 Å². The van der Waals surface area contributed by atoms with Crippen molar-refractivity contribution in [2.24, 2.45) is 5.92 Å². The minimum absolute atomic E-state index is 0.116. The molecule has 6 unspecified atom stereocenters. The van der Waals surface area contributed by atoms with Crippen LogP contribution in [0.2, 0.25) is 0 Å². The van der Waals surface area contributed by atoms with Crippen molar-refractivity contribution < 1.29 is 64.3 Å². The molecule has 0 radical (unpaired) electrons. The lowest BCUT2D eigenvalue weighted by Crippen LogP contribution is -2.69. The number of hydrogen-bond donors (Lipinski definition) is 7. The van der Waals surface area contributed by atoms with Crippen LogP contribution in [0.1, 0.15) is 48.8 Å². The highest BCUT2D eigenvalue weighted by molar-refractivity contribution is 6.00. The van der Waals surface area contributed by atoms with Gasteiger partial charge in [-0.1, -0.05) is 18.2 Å². The van der Waals surface area contributed by atoms with Crippen LogP contribution in [0.3, 0.4) is 0 Å². The molecule has 1 saturated carbocycles. The number of aromatic hydroxyl groups is 4. The second-order valence-electron chi connectivity index (χ2n) is 11.9. The van der Waals surface area contributed by atoms with Crippen LogP contribution in [0.4, 0.5) is 0 Å². The molecule has 13 heteroatoms. The predicted molar refractivity (Wildman–Crippen MR) is 160 cm³/mol. The Kier molecular flexibility index (Phi) is 9.52. The van der Waals surface area contributed by atoms with Gasteiger partial charge in [0, 0.05) is 18.9 Å². The largest absolute Gasteiger partial charge is 0.504 e. The number of aliphatic hydroxyl groups is 2. The topological polar surface area (TPSA) is 221 Å². The number of carboxylic acid groups (broad SMARTS) is 1. The summed E-state index contributed by atoms with van der Waals surface area (Å²) in [6.07, 6.45) is 2.32. The summed E-state index contributed by atoms with van der Waals surface area (Å²) in [5.74, 6) is -4.87. The summed E-state index contributed by atoms with van der Waals surface area (Å²) in [4.78, 5) is 39.3. The first kappa shape index (κ1) is 33.1. The molecular formula is C33H36O13. The van der Waals surface area contributed by atoms with Crippen LogP contribution in [0.25, 0.3) is 12.2 Å². The van der Waals surface area contributed by atoms with Gasteiger partial charge in [-0.25, -0.2) is 4.79 Å². The molecule has 2 bridgehead atoms. The highest BCUT2D eigenvalue weighted by Crippen LogP contribution is 2.50. The summed E-state index contributed by atoms with van der Waals surface area (Å²) in [7, 11) is 0. The Morgan fingerprint density at radius 2 is 1.67 bits per heavy atom. The summed E-state index contributed by atoms with van der Waals surface area (Å²) in [6.45, 7) is -0.918. The van der Waals surface area contributed by atoms with Crippen LogP contribution in [0.5, 0.6) is 23.0 Å². The number of hydrogen-bond acceptors (Lipinski definition) is 12. The molecule has 0 aromatic heterocycles. The van der Waals surface area contributed by atoms with Crippen molar-refractivity contribution in [1.29, 1.82) is 0 Å². The molecule has 2 aromatic rings. The third kappa shape index (κ3) is 6.37. The lowest BCUT2D eigenvalue weighted by molar-refractivity contribution is -0.283. The number of benzene rings is 2. The Morgan fingerprint density at radius 3 is 2.39 bits per heavy atom. The predicted octanol–water partition coefficient (Wildman–Crippen LogP) is 2.18. The van der Waals surface area contributed by atoms with E-state index in [1.807, 2.05) is 0 Å². The van der Waals surface area contributed by atoms with E-state index in [1.165, 1.54) is 48.6 Å². The van der Waals surface area contributed by atoms with Gasteiger partial charge in [0.2, 0.25) is 0 Å². The zero-order valence-corrected chi connectivity index (χ0v) is 24.7. The van der Waals surface area contributed by atoms with E-state index in [0.717, 1.165) is 6.08 Å². The number of rotatable bonds is 10. The maximum atomic E-state index is 13.7. The standard InChI is InChI=1S/C33H36O13/c34-16-20-14-26(39)25(38)13-19(20)4-7-28(41)32-9-1-11-44-30-27(40)15-33(31(42)43,22(8-10-32)29(30)46-32)45-17-21(35)5-2-18-3-6-23(36)24(37)12-18/h2-7,12-14,22,27,29-30,34,36-40H,1,8-11,15-17H2,(H,42,43). The average Bonchev–Trinajstić information content (AvgIpc) is 3.02. The molecule has 2 saturated heterocycles. The van der Waals surface area contributed by atoms with E-state index in [1.54, 1.807) is 0 Å². The fraction of sp³-hybridized carbons (Fsp3) is 0.424. The van der Waals surface area contributed by atoms with Gasteiger partial charge in [0.05, 0.1) is 18.8 Å². The second kappa shape index (κ2) is 13.2. The van der Waals surface area contributed by atoms with Crippen molar-refractivity contribution >= 4 is 29.7 Å². The second-order valence-corrected chi connectivity index (χ2v) is 11.9. The molecule has 2 heterocycles. The lowest BCUT2D eigenvalue weighted by atomic mass is 9.65. The first-order chi connectivity index (χ1) is 21.9. The first-order valence-electron chi connectivity index (χ1n) is 14.8. The number of ketones is 2. The van der Waals surface area contributed by atoms with E-state index < -0.39 is 77.7 Å². The third-order valence-corrected chi connectivity index (χ3v) is 9.03. The van der Waals surface area contributed by atoms with Gasteiger partial charge in [-0.3, -0.25) is 9.59 Å². The number of aliphatic hydroxyl groups excluding tert-OH is 2. The van der Waals surface area contributed by atoms with Gasteiger partial charge in [-0.05, 0) is 78.8 Å². The number of fused-ring (bicyclic) bond motifs is 1. The van der Waals surface area contributed by atoms with Gasteiger partial charge < -0.3 is 50.0 Å². The molecule has 2 aromatic carbocycles. The van der Waals surface area contributed by atoms with Crippen molar-refractivity contribution in [3.63, 3.8) is 0 Å². The van der Waals surface area contributed by atoms with Crippen LogP contribution in [0, 0.1) is 5.92 Å². The van der Waals surface area contributed by atoms with Crippen LogP contribution in [-0.4, -0.2) is 96.0 Å². The molecule has 46 heavy (non-hydrogen) atoms. The summed E-state index contributed by atoms with van der Waals surface area (Å²) in [5.41, 5.74) is -2.43. The number of carbonyl (C=O) groups is 3. The number of phenols is 4. The smallest absolute Gasteiger partial charge is 0.336 e. The van der Waals surface area contributed by atoms with Crippen LogP contribution < -0.4 is 0 Å². The molecule has 7 N–H and O–H groups in total. The number of ether oxygens (including phenoxy) is 3. The SMILES string of the molecule is O=C(C=Cc1ccc(O)c(O)c1)COC1(C(=O)O)CC(O)C2OCCCC3(C(=O)C=Cc4cc(O)c(O)cc4CO)CCC1C2O3. The molecule has 3 fully saturated rings. The van der Waals surface area contributed by atoms with Gasteiger partial charge in [0.25, 0.3) is 0 Å². The quantitative estimate of drug-likeness (QED) is 0.146. The van der Waals surface area contributed by atoms with Gasteiger partial charge in [-0.2, -0.15) is 0 Å². The Hall–Kier alpha value is -4.27. The van der Waals surface area contributed by atoms with Crippen molar-refractivity contribution in [1.82, 2.24) is 0 Å². The molecular weight excluding hydrogens is 604 g/mol. The normalized spacial score (nSPS) is 29.3. The van der Waals surface area contributed by atoms with Gasteiger partial charge in [0.1, 0.15) is 18.3 Å².